The number of amides is 1. The molecule has 0 rings (SSSR count). The summed E-state index contributed by atoms with van der Waals surface area (Å²) < 4.78 is 0. The summed E-state index contributed by atoms with van der Waals surface area (Å²) in [7, 11) is 1.50. The van der Waals surface area contributed by atoms with Gasteiger partial charge in [-0.1, -0.05) is 71.1 Å². The minimum Gasteiger partial charge on any atom is -0.356 e. The van der Waals surface area contributed by atoms with Gasteiger partial charge in [0, 0.05) is 13.5 Å². The number of carbonyl (C=O) groups is 1. The molecule has 0 aromatic heterocycles. The smallest absolute Gasteiger partial charge is 0.216 e. The molecule has 0 spiro atoms. The summed E-state index contributed by atoms with van der Waals surface area (Å²) in [6.45, 7) is 21.6. The average Bonchev–Trinajstić information content (AvgIpc) is 2.62. The first-order valence-electron chi connectivity index (χ1n) is 8.85. The summed E-state index contributed by atoms with van der Waals surface area (Å²) in [5.41, 5.74) is 4.50. The molecule has 0 aromatic carbocycles. The second kappa shape index (κ2) is 49.6. The number of allylic oxidation sites excluding steroid dienone is 4. The van der Waals surface area contributed by atoms with Gasteiger partial charge in [0.05, 0.1) is 0 Å². The van der Waals surface area contributed by atoms with Crippen LogP contribution in [0.15, 0.2) is 37.5 Å². The van der Waals surface area contributed by atoms with E-state index in [0.29, 0.717) is 0 Å². The maximum absolute atomic E-state index is 10.3. The van der Waals surface area contributed by atoms with E-state index < -0.39 is 0 Å². The van der Waals surface area contributed by atoms with Crippen LogP contribution in [0.3, 0.4) is 0 Å². The Morgan fingerprint density at radius 3 is 1.54 bits per heavy atom. The van der Waals surface area contributed by atoms with Gasteiger partial charge in [0.2, 0.25) is 5.91 Å². The Bertz CT molecular complexity index is 227. The second-order valence-electron chi connectivity index (χ2n) is 4.29. The van der Waals surface area contributed by atoms with E-state index >= 15 is 0 Å². The molecule has 146 valence electrons. The van der Waals surface area contributed by atoms with Crippen LogP contribution in [0.2, 0.25) is 0 Å². The molecule has 0 atom stereocenters. The molecule has 0 bridgehead atoms. The van der Waals surface area contributed by atoms with E-state index in [0.717, 1.165) is 26.1 Å². The first-order valence-corrected chi connectivity index (χ1v) is 8.85. The summed E-state index contributed by atoms with van der Waals surface area (Å²) in [5.74, 6) is 0.0751. The van der Waals surface area contributed by atoms with Crippen molar-refractivity contribution in [2.75, 3.05) is 26.7 Å². The third kappa shape index (κ3) is 107. The summed E-state index contributed by atoms with van der Waals surface area (Å²) in [6.07, 6.45) is 10.8. The van der Waals surface area contributed by atoms with Gasteiger partial charge in [0.15, 0.2) is 0 Å². The number of unbranched alkanes of at least 4 members (excludes halogenated alkanes) is 2. The fourth-order valence-corrected chi connectivity index (χ4v) is 0.889. The fourth-order valence-electron chi connectivity index (χ4n) is 0.889. The largest absolute Gasteiger partial charge is 0.356 e. The van der Waals surface area contributed by atoms with Crippen LogP contribution in [0.4, 0.5) is 0 Å². The van der Waals surface area contributed by atoms with Gasteiger partial charge in [-0.05, 0) is 40.4 Å². The lowest BCUT2D eigenvalue weighted by Gasteiger charge is -1.98. The van der Waals surface area contributed by atoms with Crippen LogP contribution in [0.25, 0.3) is 0 Å². The zero-order chi connectivity index (χ0) is 20.1. The van der Waals surface area contributed by atoms with Gasteiger partial charge in [-0.3, -0.25) is 4.79 Å². The quantitative estimate of drug-likeness (QED) is 0.363. The van der Waals surface area contributed by atoms with Crippen LogP contribution in [-0.2, 0) is 4.79 Å². The molecular formula is C20H45N3O. The van der Waals surface area contributed by atoms with Crippen molar-refractivity contribution in [1.29, 1.82) is 0 Å². The molecule has 4 N–H and O–H groups in total. The molecule has 0 radical (unpaired) electrons. The molecule has 0 aliphatic heterocycles. The third-order valence-corrected chi connectivity index (χ3v) is 2.15. The molecule has 0 saturated heterocycles. The number of rotatable bonds is 7. The monoisotopic (exact) mass is 343 g/mol. The Kier molecular flexibility index (Phi) is 70.3. The van der Waals surface area contributed by atoms with Gasteiger partial charge < -0.3 is 16.4 Å². The molecule has 4 nitrogen and oxygen atoms in total. The van der Waals surface area contributed by atoms with E-state index in [2.05, 4.69) is 50.3 Å². The minimum atomic E-state index is 0.0751. The predicted molar refractivity (Wildman–Crippen MR) is 113 cm³/mol. The first-order chi connectivity index (χ1) is 11.5. The van der Waals surface area contributed by atoms with E-state index in [-0.39, 0.29) is 5.91 Å². The molecule has 0 saturated carbocycles. The van der Waals surface area contributed by atoms with Crippen LogP contribution in [0.5, 0.6) is 0 Å². The van der Waals surface area contributed by atoms with Crippen molar-refractivity contribution >= 4 is 5.91 Å². The number of nitrogens with one attached hydrogen (secondary N) is 2. The van der Waals surface area contributed by atoms with Gasteiger partial charge in [0.25, 0.3) is 0 Å². The summed E-state index contributed by atoms with van der Waals surface area (Å²) in [4.78, 5) is 10.3. The van der Waals surface area contributed by atoms with Gasteiger partial charge in [-0.15, -0.1) is 0 Å². The molecule has 0 heterocycles. The van der Waals surface area contributed by atoms with Crippen molar-refractivity contribution < 1.29 is 4.79 Å². The van der Waals surface area contributed by atoms with Crippen LogP contribution < -0.4 is 16.4 Å². The molecule has 0 aromatic rings. The minimum absolute atomic E-state index is 0.0751. The van der Waals surface area contributed by atoms with Crippen molar-refractivity contribution in [3.8, 4) is 0 Å². The van der Waals surface area contributed by atoms with Gasteiger partial charge >= 0.3 is 0 Å². The van der Waals surface area contributed by atoms with Gasteiger partial charge in [-0.2, -0.15) is 0 Å². The average molecular weight is 344 g/mol. The van der Waals surface area contributed by atoms with Crippen molar-refractivity contribution in [3.63, 3.8) is 0 Å². The highest BCUT2D eigenvalue weighted by molar-refractivity contribution is 5.72. The molecule has 1 amide bonds. The van der Waals surface area contributed by atoms with E-state index in [9.17, 15) is 4.79 Å². The molecule has 4 heteroatoms. The Labute approximate surface area is 152 Å². The summed E-state index contributed by atoms with van der Waals surface area (Å²) >= 11 is 0. The fraction of sp³-hybridized carbons (Fsp3) is 0.650. The van der Waals surface area contributed by atoms with E-state index in [1.807, 2.05) is 26.0 Å². The van der Waals surface area contributed by atoms with E-state index in [1.54, 1.807) is 19.1 Å². The number of carbonyl (C=O) groups excluding carboxylic acids is 1. The maximum Gasteiger partial charge on any atom is 0.216 e. The first kappa shape index (κ1) is 34.0. The van der Waals surface area contributed by atoms with Crippen LogP contribution in [0.1, 0.15) is 60.8 Å². The highest BCUT2D eigenvalue weighted by Gasteiger charge is 1.87. The standard InChI is InChI=1S/C7H15NO.C4H11N.C4H8.C4H6.CH5N/c1-3-4-5-6-8-7(2)9;1-3-5-4-2;2*1-3-4-2;1-2/h3-6H2,1-2H3,(H,8,9);5H,3-4H2,1-2H3;3-4H,1-2H3;3-4H,1-2H2;2H2,1H3/b;;4-3-;;. The number of hydrogen-bond acceptors (Lipinski definition) is 3. The molecular weight excluding hydrogens is 298 g/mol. The lowest BCUT2D eigenvalue weighted by Crippen LogP contribution is -2.20. The van der Waals surface area contributed by atoms with Crippen LogP contribution in [0, 0.1) is 0 Å². The maximum atomic E-state index is 10.3. The lowest BCUT2D eigenvalue weighted by molar-refractivity contribution is -0.118. The summed E-state index contributed by atoms with van der Waals surface area (Å²) in [6, 6.07) is 0. The number of hydrogen-bond donors (Lipinski definition) is 3. The Hall–Kier alpha value is -1.39. The second-order valence-corrected chi connectivity index (χ2v) is 4.29. The van der Waals surface area contributed by atoms with E-state index in [1.165, 1.54) is 19.9 Å². The van der Waals surface area contributed by atoms with E-state index in [4.69, 9.17) is 0 Å². The predicted octanol–water partition coefficient (Wildman–Crippen LogP) is 4.44. The van der Waals surface area contributed by atoms with Crippen molar-refractivity contribution in [2.45, 2.75) is 60.8 Å². The zero-order valence-corrected chi connectivity index (χ0v) is 17.5. The van der Waals surface area contributed by atoms with Gasteiger partial charge in [-0.25, -0.2) is 0 Å². The van der Waals surface area contributed by atoms with Crippen LogP contribution in [-0.4, -0.2) is 32.6 Å². The summed E-state index contributed by atoms with van der Waals surface area (Å²) in [5, 5.41) is 5.85. The molecule has 0 aliphatic rings. The van der Waals surface area contributed by atoms with Crippen molar-refractivity contribution in [2.24, 2.45) is 5.73 Å². The zero-order valence-electron chi connectivity index (χ0n) is 17.5. The highest BCUT2D eigenvalue weighted by Crippen LogP contribution is 1.90. The Balaban J connectivity index is -0.0000000690. The Morgan fingerprint density at radius 2 is 1.38 bits per heavy atom. The SMILES string of the molecule is C/C=C\C.C=CC=C.CCCCCNC(C)=O.CCNCC.CN. The van der Waals surface area contributed by atoms with Gasteiger partial charge in [0.1, 0.15) is 0 Å². The Morgan fingerprint density at radius 1 is 0.958 bits per heavy atom. The molecule has 24 heavy (non-hydrogen) atoms. The third-order valence-electron chi connectivity index (χ3n) is 2.15. The van der Waals surface area contributed by atoms with Crippen molar-refractivity contribution in [3.05, 3.63) is 37.5 Å². The lowest BCUT2D eigenvalue weighted by atomic mass is 10.2. The molecule has 0 unspecified atom stereocenters. The molecule has 0 fully saturated rings. The molecule has 0 aliphatic carbocycles. The normalized spacial score (nSPS) is 7.83. The van der Waals surface area contributed by atoms with Crippen molar-refractivity contribution in [1.82, 2.24) is 10.6 Å². The van der Waals surface area contributed by atoms with Crippen LogP contribution >= 0.6 is 0 Å². The topological polar surface area (TPSA) is 67.2 Å². The number of nitrogens with two attached hydrogens (primary N) is 1. The highest BCUT2D eigenvalue weighted by atomic mass is 16.1.